The topological polar surface area (TPSA) is 105 Å². The molecule has 0 unspecified atom stereocenters. The van der Waals surface area contributed by atoms with Gasteiger partial charge in [-0.2, -0.15) is 5.26 Å². The first-order chi connectivity index (χ1) is 19.3. The zero-order valence-corrected chi connectivity index (χ0v) is 24.2. The molecule has 1 aromatic carbocycles. The highest BCUT2D eigenvalue weighted by molar-refractivity contribution is 7.91. The van der Waals surface area contributed by atoms with E-state index in [1.807, 2.05) is 6.07 Å². The highest BCUT2D eigenvalue weighted by Crippen LogP contribution is 2.47. The fourth-order valence-electron chi connectivity index (χ4n) is 5.62. The van der Waals surface area contributed by atoms with Gasteiger partial charge in [0, 0.05) is 35.5 Å². The molecule has 3 atom stereocenters. The number of rotatable bonds is 6. The number of carbonyl (C=O) groups is 1. The van der Waals surface area contributed by atoms with E-state index in [0.717, 1.165) is 45.5 Å². The third kappa shape index (κ3) is 5.70. The first kappa shape index (κ1) is 27.5. The average molecular weight is 598 g/mol. The first-order valence-electron chi connectivity index (χ1n) is 13.5. The molecule has 3 aromatic rings. The molecule has 3 heterocycles. The molecule has 2 aliphatic carbocycles. The number of anilines is 1. The molecule has 1 aliphatic heterocycles. The molecule has 40 heavy (non-hydrogen) atoms. The molecule has 3 aliphatic rings. The molecule has 1 saturated heterocycles. The molecule has 6 rings (SSSR count). The van der Waals surface area contributed by atoms with Gasteiger partial charge in [-0.15, -0.1) is 11.3 Å². The minimum absolute atomic E-state index is 0.109. The van der Waals surface area contributed by atoms with Gasteiger partial charge in [0.25, 0.3) is 0 Å². The number of benzene rings is 1. The van der Waals surface area contributed by atoms with E-state index in [1.54, 1.807) is 12.4 Å². The molecular weight excluding hydrogens is 569 g/mol. The van der Waals surface area contributed by atoms with Gasteiger partial charge in [-0.05, 0) is 55.9 Å². The smallest absolute Gasteiger partial charge is 0.225 e. The standard InChI is InChI=1S/C29H29ClFN5O2S2/c30-20-13-19(15-33-16-20)28-34-25(23-6-3-21(31)14-24(23)27(37)35-29(17-32)7-8-29)26(39-28)18-1-4-22(5-2-18)36-9-11-40(38)12-10-36/h1-2,4-5,13,15-16,21,23-24H,3,6-12,14H2,(H,35,37)/t21-,23+,24+/m0/s1. The van der Waals surface area contributed by atoms with Crippen LogP contribution < -0.4 is 10.2 Å². The summed E-state index contributed by atoms with van der Waals surface area (Å²) in [5.41, 5.74) is 2.78. The SMILES string of the molecule is N#CC1(NC(=O)[C@@H]2C[C@@H](F)CC[C@H]2c2nc(-c3cncc(Cl)c3)sc2-c2ccc(N3CC[S+]([O-])CC3)cc2)CC1. The Labute approximate surface area is 245 Å². The highest BCUT2D eigenvalue weighted by Gasteiger charge is 2.48. The van der Waals surface area contributed by atoms with E-state index in [4.69, 9.17) is 16.6 Å². The lowest BCUT2D eigenvalue weighted by Crippen LogP contribution is -2.44. The number of nitrogens with one attached hydrogen (secondary N) is 1. The van der Waals surface area contributed by atoms with Gasteiger partial charge in [-0.25, -0.2) is 9.37 Å². The maximum Gasteiger partial charge on any atom is 0.225 e. The van der Waals surface area contributed by atoms with E-state index in [-0.39, 0.29) is 18.2 Å². The van der Waals surface area contributed by atoms with Crippen LogP contribution in [0.25, 0.3) is 21.0 Å². The Morgan fingerprint density at radius 2 is 1.95 bits per heavy atom. The minimum Gasteiger partial charge on any atom is -0.616 e. The summed E-state index contributed by atoms with van der Waals surface area (Å²) in [6, 6.07) is 12.3. The number of thiazole rings is 1. The Kier molecular flexibility index (Phi) is 7.75. The second-order valence-electron chi connectivity index (χ2n) is 10.8. The molecule has 3 fully saturated rings. The van der Waals surface area contributed by atoms with Crippen LogP contribution in [0.1, 0.15) is 43.7 Å². The van der Waals surface area contributed by atoms with Crippen molar-refractivity contribution in [3.63, 3.8) is 0 Å². The maximum absolute atomic E-state index is 14.7. The summed E-state index contributed by atoms with van der Waals surface area (Å²) >= 11 is 7.01. The number of hydrogen-bond donors (Lipinski definition) is 1. The molecule has 0 bridgehead atoms. The third-order valence-corrected chi connectivity index (χ3v) is 10.7. The minimum atomic E-state index is -1.07. The van der Waals surface area contributed by atoms with Gasteiger partial charge >= 0.3 is 0 Å². The fourth-order valence-corrected chi connectivity index (χ4v) is 7.97. The highest BCUT2D eigenvalue weighted by atomic mass is 35.5. The zero-order chi connectivity index (χ0) is 27.9. The average Bonchev–Trinajstić information content (AvgIpc) is 3.60. The van der Waals surface area contributed by atoms with Gasteiger partial charge in [-0.3, -0.25) is 9.78 Å². The number of amides is 1. The van der Waals surface area contributed by atoms with Crippen LogP contribution in [0.2, 0.25) is 5.02 Å². The van der Waals surface area contributed by atoms with E-state index in [0.29, 0.717) is 42.2 Å². The van der Waals surface area contributed by atoms with Gasteiger partial charge in [0.05, 0.1) is 34.8 Å². The van der Waals surface area contributed by atoms with E-state index in [2.05, 4.69) is 45.5 Å². The molecule has 2 aromatic heterocycles. The van der Waals surface area contributed by atoms with Crippen LogP contribution in [0, 0.1) is 17.2 Å². The number of nitriles is 1. The molecule has 208 valence electrons. The largest absolute Gasteiger partial charge is 0.616 e. The van der Waals surface area contributed by atoms with Gasteiger partial charge in [0.2, 0.25) is 5.91 Å². The number of alkyl halides is 1. The molecule has 7 nitrogen and oxygen atoms in total. The molecule has 0 radical (unpaired) electrons. The van der Waals surface area contributed by atoms with Crippen LogP contribution in [0.4, 0.5) is 10.1 Å². The van der Waals surface area contributed by atoms with E-state index < -0.39 is 28.8 Å². The number of hydrogen-bond acceptors (Lipinski definition) is 7. The van der Waals surface area contributed by atoms with Crippen molar-refractivity contribution >= 4 is 45.7 Å². The number of nitrogens with zero attached hydrogens (tertiary/aromatic N) is 4. The van der Waals surface area contributed by atoms with Crippen LogP contribution >= 0.6 is 22.9 Å². The number of pyridine rings is 1. The fraction of sp³-hybridized carbons (Fsp3) is 0.448. The van der Waals surface area contributed by atoms with E-state index >= 15 is 0 Å². The Balaban J connectivity index is 1.37. The van der Waals surface area contributed by atoms with Crippen LogP contribution in [0.15, 0.2) is 42.7 Å². The summed E-state index contributed by atoms with van der Waals surface area (Å²) in [7, 11) is 0. The van der Waals surface area contributed by atoms with Gasteiger partial charge < -0.3 is 14.8 Å². The van der Waals surface area contributed by atoms with Gasteiger partial charge in [-0.1, -0.05) is 34.9 Å². The van der Waals surface area contributed by atoms with Crippen molar-refractivity contribution in [2.24, 2.45) is 5.92 Å². The van der Waals surface area contributed by atoms with Crippen molar-refractivity contribution in [1.82, 2.24) is 15.3 Å². The number of carbonyl (C=O) groups excluding carboxylic acids is 1. The second-order valence-corrected chi connectivity index (χ2v) is 13.9. The Bertz CT molecular complexity index is 1430. The third-order valence-electron chi connectivity index (χ3n) is 8.08. The van der Waals surface area contributed by atoms with E-state index in [1.165, 1.54) is 11.3 Å². The lowest BCUT2D eigenvalue weighted by atomic mass is 9.75. The Morgan fingerprint density at radius 3 is 2.62 bits per heavy atom. The summed E-state index contributed by atoms with van der Waals surface area (Å²) in [5, 5.41) is 13.7. The summed E-state index contributed by atoms with van der Waals surface area (Å²) in [4.78, 5) is 25.9. The molecule has 2 saturated carbocycles. The van der Waals surface area contributed by atoms with Crippen molar-refractivity contribution in [2.75, 3.05) is 29.5 Å². The van der Waals surface area contributed by atoms with E-state index in [9.17, 15) is 19.0 Å². The normalized spacial score (nSPS) is 24.4. The molecule has 1 N–H and O–H groups in total. The van der Waals surface area contributed by atoms with Crippen LogP contribution in [-0.2, 0) is 16.0 Å². The second kappa shape index (κ2) is 11.3. The number of aromatic nitrogens is 2. The van der Waals surface area contributed by atoms with Crippen LogP contribution in [0.5, 0.6) is 0 Å². The molecule has 11 heteroatoms. The summed E-state index contributed by atoms with van der Waals surface area (Å²) in [6.07, 6.45) is 4.43. The van der Waals surface area contributed by atoms with Crippen molar-refractivity contribution in [3.8, 4) is 27.1 Å². The first-order valence-corrected chi connectivity index (χ1v) is 16.2. The van der Waals surface area contributed by atoms with Crippen LogP contribution in [-0.4, -0.2) is 56.7 Å². The summed E-state index contributed by atoms with van der Waals surface area (Å²) in [6.45, 7) is 1.52. The Hall–Kier alpha value is -2.71. The predicted octanol–water partition coefficient (Wildman–Crippen LogP) is 5.49. The van der Waals surface area contributed by atoms with Gasteiger partial charge in [0.1, 0.15) is 28.2 Å². The lowest BCUT2D eigenvalue weighted by Gasteiger charge is -2.32. The summed E-state index contributed by atoms with van der Waals surface area (Å²) < 4.78 is 26.5. The molecule has 0 spiro atoms. The van der Waals surface area contributed by atoms with Crippen molar-refractivity contribution in [1.29, 1.82) is 5.26 Å². The Morgan fingerprint density at radius 1 is 1.20 bits per heavy atom. The van der Waals surface area contributed by atoms with Crippen molar-refractivity contribution in [2.45, 2.75) is 49.7 Å². The maximum atomic E-state index is 14.7. The molecule has 1 amide bonds. The summed E-state index contributed by atoms with van der Waals surface area (Å²) in [5.74, 6) is 0.172. The lowest BCUT2D eigenvalue weighted by molar-refractivity contribution is -0.128. The monoisotopic (exact) mass is 597 g/mol. The quantitative estimate of drug-likeness (QED) is 0.377. The van der Waals surface area contributed by atoms with Crippen molar-refractivity contribution in [3.05, 3.63) is 53.4 Å². The molecular formula is C29H29ClFN5O2S2. The van der Waals surface area contributed by atoms with Crippen molar-refractivity contribution < 1.29 is 13.7 Å². The van der Waals surface area contributed by atoms with Gasteiger partial charge in [0.15, 0.2) is 0 Å². The van der Waals surface area contributed by atoms with Crippen LogP contribution in [0.3, 0.4) is 0 Å². The predicted molar refractivity (Wildman–Crippen MR) is 157 cm³/mol. The number of halogens is 2. The zero-order valence-electron chi connectivity index (χ0n) is 21.8.